The normalized spacial score (nSPS) is 23.1. The number of aliphatic imine (C=N–C) groups is 1. The zero-order valence-electron chi connectivity index (χ0n) is 14.6. The fraction of sp³-hybridized carbons (Fsp3) is 0.353. The lowest BCUT2D eigenvalue weighted by Gasteiger charge is -2.33. The van der Waals surface area contributed by atoms with Crippen molar-refractivity contribution in [3.63, 3.8) is 0 Å². The number of hydrogen-bond donors (Lipinski definition) is 3. The Balaban J connectivity index is 1.82. The third-order valence-electron chi connectivity index (χ3n) is 4.48. The topological polar surface area (TPSA) is 129 Å². The van der Waals surface area contributed by atoms with Crippen LogP contribution in [0.15, 0.2) is 34.4 Å². The molecular formula is C17H20N6O3. The highest BCUT2D eigenvalue weighted by Gasteiger charge is 2.36. The summed E-state index contributed by atoms with van der Waals surface area (Å²) in [7, 11) is 1.58. The van der Waals surface area contributed by atoms with Crippen LogP contribution in [0.3, 0.4) is 0 Å². The number of hydrogen-bond acceptors (Lipinski definition) is 6. The molecule has 2 aliphatic rings. The number of benzene rings is 1. The van der Waals surface area contributed by atoms with Gasteiger partial charge in [-0.3, -0.25) is 19.3 Å². The molecule has 0 aliphatic carbocycles. The minimum Gasteiger partial charge on any atom is -0.369 e. The number of rotatable bonds is 3. The van der Waals surface area contributed by atoms with Crippen LogP contribution in [0.2, 0.25) is 0 Å². The summed E-state index contributed by atoms with van der Waals surface area (Å²) in [4.78, 5) is 41.3. The highest BCUT2D eigenvalue weighted by Crippen LogP contribution is 2.34. The monoisotopic (exact) mass is 356 g/mol. The van der Waals surface area contributed by atoms with Gasteiger partial charge in [0.15, 0.2) is 5.96 Å². The first-order valence-corrected chi connectivity index (χ1v) is 8.18. The highest BCUT2D eigenvalue weighted by molar-refractivity contribution is 6.43. The minimum absolute atomic E-state index is 0.123. The number of carbonyl (C=O) groups excluding carboxylic acids is 3. The van der Waals surface area contributed by atoms with Crippen molar-refractivity contribution in [1.82, 2.24) is 10.3 Å². The Kier molecular flexibility index (Phi) is 4.45. The van der Waals surface area contributed by atoms with E-state index in [2.05, 4.69) is 20.8 Å². The highest BCUT2D eigenvalue weighted by atomic mass is 16.2. The molecule has 1 aromatic rings. The Labute approximate surface area is 150 Å². The third kappa shape index (κ3) is 3.41. The summed E-state index contributed by atoms with van der Waals surface area (Å²) in [6.45, 7) is 1.83. The lowest BCUT2D eigenvalue weighted by molar-refractivity contribution is -0.128. The average Bonchev–Trinajstić information content (AvgIpc) is 2.60. The van der Waals surface area contributed by atoms with E-state index in [4.69, 9.17) is 5.73 Å². The van der Waals surface area contributed by atoms with Crippen LogP contribution in [-0.2, 0) is 19.9 Å². The van der Waals surface area contributed by atoms with Crippen molar-refractivity contribution in [3.05, 3.63) is 29.8 Å². The largest absolute Gasteiger partial charge is 0.369 e. The van der Waals surface area contributed by atoms with Gasteiger partial charge in [-0.1, -0.05) is 12.1 Å². The molecule has 26 heavy (non-hydrogen) atoms. The smallest absolute Gasteiger partial charge is 0.271 e. The second-order valence-electron chi connectivity index (χ2n) is 6.50. The summed E-state index contributed by atoms with van der Waals surface area (Å²) >= 11 is 0. The fourth-order valence-electron chi connectivity index (χ4n) is 2.85. The lowest BCUT2D eigenvalue weighted by atomic mass is 9.87. The van der Waals surface area contributed by atoms with Crippen molar-refractivity contribution >= 4 is 35.1 Å². The van der Waals surface area contributed by atoms with Crippen LogP contribution in [-0.4, -0.2) is 41.3 Å². The quantitative estimate of drug-likeness (QED) is 0.718. The second-order valence-corrected chi connectivity index (χ2v) is 6.50. The van der Waals surface area contributed by atoms with Gasteiger partial charge in [-0.25, -0.2) is 10.4 Å². The number of nitrogens with one attached hydrogen (secondary N) is 2. The summed E-state index contributed by atoms with van der Waals surface area (Å²) in [5, 5.41) is 6.54. The van der Waals surface area contributed by atoms with Gasteiger partial charge in [0.2, 0.25) is 11.8 Å². The number of carbonyl (C=O) groups is 3. The van der Waals surface area contributed by atoms with Gasteiger partial charge in [0, 0.05) is 25.6 Å². The van der Waals surface area contributed by atoms with Gasteiger partial charge in [-0.05, 0) is 24.6 Å². The van der Waals surface area contributed by atoms with E-state index in [1.807, 2.05) is 13.0 Å². The summed E-state index contributed by atoms with van der Waals surface area (Å²) in [5.41, 5.74) is 8.91. The predicted molar refractivity (Wildman–Crippen MR) is 96.2 cm³/mol. The molecule has 1 atom stereocenters. The predicted octanol–water partition coefficient (Wildman–Crippen LogP) is 0.283. The van der Waals surface area contributed by atoms with Crippen molar-refractivity contribution in [2.24, 2.45) is 15.8 Å². The Morgan fingerprint density at radius 1 is 1.35 bits per heavy atom. The van der Waals surface area contributed by atoms with Crippen molar-refractivity contribution in [3.8, 4) is 0 Å². The van der Waals surface area contributed by atoms with Gasteiger partial charge < -0.3 is 11.1 Å². The SMILES string of the molecule is CN1C(=O)CC(C)(c2cccc(NC(=O)C3=NNC(=O)CC3)c2)N=C1N. The van der Waals surface area contributed by atoms with Gasteiger partial charge >= 0.3 is 0 Å². The molecule has 0 radical (unpaired) electrons. The van der Waals surface area contributed by atoms with Gasteiger partial charge in [0.05, 0.1) is 12.0 Å². The first-order valence-electron chi connectivity index (χ1n) is 8.18. The van der Waals surface area contributed by atoms with E-state index in [1.54, 1.807) is 25.2 Å². The molecule has 136 valence electrons. The van der Waals surface area contributed by atoms with E-state index >= 15 is 0 Å². The molecule has 9 nitrogen and oxygen atoms in total. The maximum atomic E-state index is 12.3. The standard InChI is InChI=1S/C17H20N6O3/c1-17(9-14(25)23(2)16(18)20-17)10-4-3-5-11(8-10)19-15(26)12-6-7-13(24)22-21-12/h3-5,8H,6-7,9H2,1-2H3,(H2,18,20)(H,19,26)(H,22,24). The molecule has 2 heterocycles. The third-order valence-corrected chi connectivity index (χ3v) is 4.48. The molecule has 9 heteroatoms. The average molecular weight is 356 g/mol. The fourth-order valence-corrected chi connectivity index (χ4v) is 2.85. The Bertz CT molecular complexity index is 847. The van der Waals surface area contributed by atoms with Crippen LogP contribution in [0.4, 0.5) is 5.69 Å². The molecule has 1 aromatic carbocycles. The maximum Gasteiger partial charge on any atom is 0.271 e. The van der Waals surface area contributed by atoms with Crippen molar-refractivity contribution in [2.75, 3.05) is 12.4 Å². The summed E-state index contributed by atoms with van der Waals surface area (Å²) in [6, 6.07) is 7.10. The Morgan fingerprint density at radius 3 is 2.77 bits per heavy atom. The van der Waals surface area contributed by atoms with Gasteiger partial charge in [-0.15, -0.1) is 0 Å². The van der Waals surface area contributed by atoms with E-state index in [1.165, 1.54) is 4.90 Å². The maximum absolute atomic E-state index is 12.3. The van der Waals surface area contributed by atoms with E-state index in [0.717, 1.165) is 5.56 Å². The van der Waals surface area contributed by atoms with Crippen molar-refractivity contribution < 1.29 is 14.4 Å². The van der Waals surface area contributed by atoms with Crippen LogP contribution < -0.4 is 16.5 Å². The molecule has 0 fully saturated rings. The van der Waals surface area contributed by atoms with Gasteiger partial charge in [-0.2, -0.15) is 5.10 Å². The van der Waals surface area contributed by atoms with E-state index in [0.29, 0.717) is 5.69 Å². The minimum atomic E-state index is -0.801. The molecule has 0 bridgehead atoms. The summed E-state index contributed by atoms with van der Waals surface area (Å²) in [6.07, 6.45) is 0.699. The summed E-state index contributed by atoms with van der Waals surface area (Å²) < 4.78 is 0. The first kappa shape index (κ1) is 17.6. The molecule has 3 rings (SSSR count). The number of amides is 3. The molecule has 3 amide bonds. The molecule has 4 N–H and O–H groups in total. The number of nitrogens with zero attached hydrogens (tertiary/aromatic N) is 3. The van der Waals surface area contributed by atoms with Crippen LogP contribution in [0.5, 0.6) is 0 Å². The molecule has 0 aromatic heterocycles. The Morgan fingerprint density at radius 2 is 2.12 bits per heavy atom. The van der Waals surface area contributed by atoms with Gasteiger partial charge in [0.1, 0.15) is 5.71 Å². The van der Waals surface area contributed by atoms with Crippen LogP contribution in [0, 0.1) is 0 Å². The van der Waals surface area contributed by atoms with Crippen LogP contribution in [0.25, 0.3) is 0 Å². The lowest BCUT2D eigenvalue weighted by Crippen LogP contribution is -2.47. The number of anilines is 1. The van der Waals surface area contributed by atoms with E-state index in [9.17, 15) is 14.4 Å². The molecule has 0 spiro atoms. The zero-order chi connectivity index (χ0) is 18.9. The molecule has 0 saturated heterocycles. The Hall–Kier alpha value is -3.23. The van der Waals surface area contributed by atoms with Crippen molar-refractivity contribution in [2.45, 2.75) is 31.7 Å². The number of nitrogens with two attached hydrogens (primary N) is 1. The van der Waals surface area contributed by atoms with Gasteiger partial charge in [0.25, 0.3) is 5.91 Å². The van der Waals surface area contributed by atoms with E-state index in [-0.39, 0.29) is 48.7 Å². The van der Waals surface area contributed by atoms with E-state index < -0.39 is 5.54 Å². The van der Waals surface area contributed by atoms with Crippen molar-refractivity contribution in [1.29, 1.82) is 0 Å². The molecule has 0 saturated carbocycles. The zero-order valence-corrected chi connectivity index (χ0v) is 14.6. The molecule has 1 unspecified atom stereocenters. The molecular weight excluding hydrogens is 336 g/mol. The number of guanidine groups is 1. The van der Waals surface area contributed by atoms with Crippen LogP contribution in [0.1, 0.15) is 31.7 Å². The second kappa shape index (κ2) is 6.58. The first-order chi connectivity index (χ1) is 12.3. The number of hydrazone groups is 1. The van der Waals surface area contributed by atoms with Crippen LogP contribution >= 0.6 is 0 Å². The summed E-state index contributed by atoms with van der Waals surface area (Å²) in [5.74, 6) is -0.555. The molecule has 2 aliphatic heterocycles.